The summed E-state index contributed by atoms with van der Waals surface area (Å²) < 4.78 is 5.18. The fourth-order valence-electron chi connectivity index (χ4n) is 2.01. The Bertz CT molecular complexity index is 661. The number of hydrogen-bond donors (Lipinski definition) is 1. The van der Waals surface area contributed by atoms with Crippen molar-refractivity contribution < 1.29 is 9.66 Å². The zero-order valence-corrected chi connectivity index (χ0v) is 12.4. The maximum absolute atomic E-state index is 11.1. The molecule has 1 N–H and O–H groups in total. The number of rotatable bonds is 5. The van der Waals surface area contributed by atoms with Crippen molar-refractivity contribution in [2.45, 2.75) is 13.0 Å². The standard InChI is InChI=1S/C15H15ClN2O3/c1-10(11-4-3-5-13(8-11)21-2)17-14-7-6-12(16)9-15(14)18(19)20/h3-10,17H,1-2H3. The van der Waals surface area contributed by atoms with E-state index in [2.05, 4.69) is 5.32 Å². The SMILES string of the molecule is COc1cccc(C(C)Nc2ccc(Cl)cc2[N+](=O)[O-])c1. The smallest absolute Gasteiger partial charge is 0.293 e. The monoisotopic (exact) mass is 306 g/mol. The van der Waals surface area contributed by atoms with E-state index in [-0.39, 0.29) is 11.7 Å². The third-order valence-electron chi connectivity index (χ3n) is 3.12. The van der Waals surface area contributed by atoms with E-state index in [1.807, 2.05) is 31.2 Å². The number of nitro groups is 1. The summed E-state index contributed by atoms with van der Waals surface area (Å²) in [6, 6.07) is 12.0. The van der Waals surface area contributed by atoms with E-state index in [4.69, 9.17) is 16.3 Å². The van der Waals surface area contributed by atoms with E-state index in [9.17, 15) is 10.1 Å². The van der Waals surface area contributed by atoms with Crippen LogP contribution in [0.25, 0.3) is 0 Å². The second-order valence-electron chi connectivity index (χ2n) is 4.56. The van der Waals surface area contributed by atoms with Crippen LogP contribution in [0, 0.1) is 10.1 Å². The highest BCUT2D eigenvalue weighted by molar-refractivity contribution is 6.30. The Labute approximate surface area is 127 Å². The first-order chi connectivity index (χ1) is 10.0. The van der Waals surface area contributed by atoms with Crippen LogP contribution in [0.1, 0.15) is 18.5 Å². The fourth-order valence-corrected chi connectivity index (χ4v) is 2.17. The number of methoxy groups -OCH3 is 1. The first-order valence-corrected chi connectivity index (χ1v) is 6.73. The molecule has 0 saturated heterocycles. The van der Waals surface area contributed by atoms with Crippen LogP contribution in [0.2, 0.25) is 5.02 Å². The van der Waals surface area contributed by atoms with Crippen LogP contribution in [-0.2, 0) is 0 Å². The summed E-state index contributed by atoms with van der Waals surface area (Å²) in [5, 5.41) is 14.5. The Morgan fingerprint density at radius 3 is 2.71 bits per heavy atom. The minimum atomic E-state index is -0.452. The van der Waals surface area contributed by atoms with E-state index in [0.29, 0.717) is 10.7 Å². The van der Waals surface area contributed by atoms with Gasteiger partial charge >= 0.3 is 0 Å². The lowest BCUT2D eigenvalue weighted by atomic mass is 10.1. The Morgan fingerprint density at radius 2 is 2.05 bits per heavy atom. The minimum absolute atomic E-state index is 0.0442. The van der Waals surface area contributed by atoms with Crippen molar-refractivity contribution in [3.63, 3.8) is 0 Å². The van der Waals surface area contributed by atoms with E-state index in [0.717, 1.165) is 11.3 Å². The van der Waals surface area contributed by atoms with Gasteiger partial charge in [-0.15, -0.1) is 0 Å². The van der Waals surface area contributed by atoms with Gasteiger partial charge in [0.25, 0.3) is 5.69 Å². The molecule has 110 valence electrons. The molecule has 2 aromatic rings. The van der Waals surface area contributed by atoms with Crippen molar-refractivity contribution in [3.8, 4) is 5.75 Å². The Hall–Kier alpha value is -2.27. The summed E-state index contributed by atoms with van der Waals surface area (Å²) in [7, 11) is 1.60. The van der Waals surface area contributed by atoms with E-state index >= 15 is 0 Å². The van der Waals surface area contributed by atoms with Crippen molar-refractivity contribution in [2.24, 2.45) is 0 Å². The maximum atomic E-state index is 11.1. The van der Waals surface area contributed by atoms with E-state index in [1.54, 1.807) is 19.2 Å². The van der Waals surface area contributed by atoms with Gasteiger partial charge in [-0.2, -0.15) is 0 Å². The van der Waals surface area contributed by atoms with Crippen LogP contribution in [0.15, 0.2) is 42.5 Å². The lowest BCUT2D eigenvalue weighted by Gasteiger charge is -2.16. The van der Waals surface area contributed by atoms with Crippen LogP contribution in [0.4, 0.5) is 11.4 Å². The molecule has 1 unspecified atom stereocenters. The van der Waals surface area contributed by atoms with Gasteiger partial charge in [0.2, 0.25) is 0 Å². The van der Waals surface area contributed by atoms with Gasteiger partial charge in [0.05, 0.1) is 12.0 Å². The zero-order valence-electron chi connectivity index (χ0n) is 11.7. The third kappa shape index (κ3) is 3.64. The highest BCUT2D eigenvalue weighted by Crippen LogP contribution is 2.31. The maximum Gasteiger partial charge on any atom is 0.293 e. The van der Waals surface area contributed by atoms with Gasteiger partial charge < -0.3 is 10.1 Å². The summed E-state index contributed by atoms with van der Waals surface area (Å²) in [5.74, 6) is 0.742. The summed E-state index contributed by atoms with van der Waals surface area (Å²) in [6.07, 6.45) is 0. The number of anilines is 1. The number of benzene rings is 2. The van der Waals surface area contributed by atoms with Crippen molar-refractivity contribution in [3.05, 3.63) is 63.2 Å². The number of ether oxygens (including phenoxy) is 1. The first kappa shape index (κ1) is 15.1. The molecule has 1 atom stereocenters. The van der Waals surface area contributed by atoms with Gasteiger partial charge in [0.15, 0.2) is 0 Å². The second-order valence-corrected chi connectivity index (χ2v) is 5.00. The number of hydrogen-bond acceptors (Lipinski definition) is 4. The molecule has 2 rings (SSSR count). The van der Waals surface area contributed by atoms with Gasteiger partial charge in [-0.25, -0.2) is 0 Å². The van der Waals surface area contributed by atoms with Crippen LogP contribution < -0.4 is 10.1 Å². The van der Waals surface area contributed by atoms with E-state index in [1.165, 1.54) is 6.07 Å². The van der Waals surface area contributed by atoms with Gasteiger partial charge in [0.1, 0.15) is 11.4 Å². The van der Waals surface area contributed by atoms with Crippen LogP contribution in [0.3, 0.4) is 0 Å². The average Bonchev–Trinajstić information content (AvgIpc) is 2.48. The average molecular weight is 307 g/mol. The van der Waals surface area contributed by atoms with Crippen molar-refractivity contribution >= 4 is 23.0 Å². The third-order valence-corrected chi connectivity index (χ3v) is 3.36. The molecule has 0 aliphatic heterocycles. The fraction of sp³-hybridized carbons (Fsp3) is 0.200. The Balaban J connectivity index is 2.26. The topological polar surface area (TPSA) is 64.4 Å². The molecule has 0 radical (unpaired) electrons. The molecular formula is C15H15ClN2O3. The second kappa shape index (κ2) is 6.45. The summed E-state index contributed by atoms with van der Waals surface area (Å²) >= 11 is 5.81. The summed E-state index contributed by atoms with van der Waals surface area (Å²) in [5.41, 5.74) is 1.36. The lowest BCUT2D eigenvalue weighted by Crippen LogP contribution is -2.08. The molecule has 0 heterocycles. The number of nitrogens with one attached hydrogen (secondary N) is 1. The van der Waals surface area contributed by atoms with Crippen LogP contribution in [0.5, 0.6) is 5.75 Å². The summed E-state index contributed by atoms with van der Waals surface area (Å²) in [6.45, 7) is 1.92. The Morgan fingerprint density at radius 1 is 1.29 bits per heavy atom. The number of halogens is 1. The van der Waals surface area contributed by atoms with Gasteiger partial charge in [-0.1, -0.05) is 23.7 Å². The molecule has 0 bridgehead atoms. The Kier molecular flexibility index (Phi) is 4.65. The number of nitro benzene ring substituents is 1. The summed E-state index contributed by atoms with van der Waals surface area (Å²) in [4.78, 5) is 10.6. The van der Waals surface area contributed by atoms with E-state index < -0.39 is 4.92 Å². The van der Waals surface area contributed by atoms with Crippen molar-refractivity contribution in [1.82, 2.24) is 0 Å². The molecule has 2 aromatic carbocycles. The predicted octanol–water partition coefficient (Wildman–Crippen LogP) is 4.43. The molecule has 5 nitrogen and oxygen atoms in total. The molecule has 21 heavy (non-hydrogen) atoms. The van der Waals surface area contributed by atoms with Gasteiger partial charge in [0, 0.05) is 17.1 Å². The normalized spacial score (nSPS) is 11.8. The molecule has 0 aliphatic carbocycles. The van der Waals surface area contributed by atoms with Crippen LogP contribution in [-0.4, -0.2) is 12.0 Å². The molecule has 0 amide bonds. The predicted molar refractivity (Wildman–Crippen MR) is 83.1 cm³/mol. The largest absolute Gasteiger partial charge is 0.497 e. The lowest BCUT2D eigenvalue weighted by molar-refractivity contribution is -0.384. The molecule has 0 aromatic heterocycles. The molecule has 0 aliphatic rings. The minimum Gasteiger partial charge on any atom is -0.497 e. The van der Waals surface area contributed by atoms with Crippen LogP contribution >= 0.6 is 11.6 Å². The molecule has 0 spiro atoms. The molecular weight excluding hydrogens is 292 g/mol. The zero-order chi connectivity index (χ0) is 15.4. The number of nitrogens with zero attached hydrogens (tertiary/aromatic N) is 1. The van der Waals surface area contributed by atoms with Gasteiger partial charge in [-0.05, 0) is 36.8 Å². The first-order valence-electron chi connectivity index (χ1n) is 6.35. The highest BCUT2D eigenvalue weighted by Gasteiger charge is 2.16. The highest BCUT2D eigenvalue weighted by atomic mass is 35.5. The van der Waals surface area contributed by atoms with Gasteiger partial charge in [-0.3, -0.25) is 10.1 Å². The molecule has 6 heteroatoms. The van der Waals surface area contributed by atoms with Crippen molar-refractivity contribution in [1.29, 1.82) is 0 Å². The van der Waals surface area contributed by atoms with Crippen molar-refractivity contribution in [2.75, 3.05) is 12.4 Å². The quantitative estimate of drug-likeness (QED) is 0.655. The molecule has 0 fully saturated rings. The molecule has 0 saturated carbocycles.